The van der Waals surface area contributed by atoms with E-state index in [1.54, 1.807) is 6.07 Å². The van der Waals surface area contributed by atoms with E-state index in [4.69, 9.17) is 23.2 Å². The van der Waals surface area contributed by atoms with Gasteiger partial charge in [0.2, 0.25) is 10.0 Å². The van der Waals surface area contributed by atoms with Gasteiger partial charge in [0.25, 0.3) is 0 Å². The van der Waals surface area contributed by atoms with Crippen LogP contribution >= 0.6 is 23.2 Å². The van der Waals surface area contributed by atoms with Crippen molar-refractivity contribution in [2.75, 3.05) is 11.6 Å². The lowest BCUT2D eigenvalue weighted by Gasteiger charge is -2.39. The molecule has 0 bridgehead atoms. The van der Waals surface area contributed by atoms with Crippen molar-refractivity contribution in [3.8, 4) is 0 Å². The van der Waals surface area contributed by atoms with Gasteiger partial charge in [0.15, 0.2) is 0 Å². The van der Waals surface area contributed by atoms with Crippen LogP contribution in [0.15, 0.2) is 17.0 Å². The van der Waals surface area contributed by atoms with Crippen LogP contribution in [0.1, 0.15) is 44.9 Å². The van der Waals surface area contributed by atoms with Gasteiger partial charge in [0, 0.05) is 6.04 Å². The maximum atomic E-state index is 12.2. The molecule has 1 saturated carbocycles. The Hall–Kier alpha value is -0.490. The molecule has 122 valence electrons. The molecule has 3 rings (SSSR count). The maximum absolute atomic E-state index is 12.2. The summed E-state index contributed by atoms with van der Waals surface area (Å²) in [5.41, 5.74) is 0.679. The van der Waals surface area contributed by atoms with Crippen LogP contribution in [0, 0.1) is 0 Å². The number of hydrogen-bond acceptors (Lipinski definition) is 3. The molecule has 0 amide bonds. The number of anilines is 1. The molecule has 7 heteroatoms. The molecule has 1 N–H and O–H groups in total. The van der Waals surface area contributed by atoms with Crippen LogP contribution in [0.3, 0.4) is 0 Å². The van der Waals surface area contributed by atoms with Crippen molar-refractivity contribution in [3.05, 3.63) is 22.2 Å². The second-order valence-electron chi connectivity index (χ2n) is 6.01. The molecule has 0 atom stereocenters. The third-order valence-corrected chi connectivity index (χ3v) is 6.68. The van der Waals surface area contributed by atoms with E-state index in [2.05, 4.69) is 9.62 Å². The Morgan fingerprint density at radius 3 is 2.27 bits per heavy atom. The summed E-state index contributed by atoms with van der Waals surface area (Å²) < 4.78 is 27.1. The molecule has 0 radical (unpaired) electrons. The smallest absolute Gasteiger partial charge is 0.244 e. The Balaban J connectivity index is 1.99. The number of rotatable bonds is 1. The minimum atomic E-state index is -3.50. The lowest BCUT2D eigenvalue weighted by molar-refractivity contribution is 0.422. The summed E-state index contributed by atoms with van der Waals surface area (Å²) in [7, 11) is -3.50. The molecule has 0 saturated heterocycles. The summed E-state index contributed by atoms with van der Waals surface area (Å²) in [6.45, 7) is 0.304. The second kappa shape index (κ2) is 6.56. The molecule has 1 aromatic rings. The highest BCUT2D eigenvalue weighted by Crippen LogP contribution is 2.38. The SMILES string of the molecule is O=S1(=O)NCN(C2CCCCCCC2)c2cc(Cl)c(Cl)cc21. The first-order chi connectivity index (χ1) is 10.5. The van der Waals surface area contributed by atoms with Gasteiger partial charge < -0.3 is 4.90 Å². The minimum absolute atomic E-state index is 0.232. The van der Waals surface area contributed by atoms with Crippen molar-refractivity contribution in [1.82, 2.24) is 4.72 Å². The van der Waals surface area contributed by atoms with Gasteiger partial charge in [0.1, 0.15) is 4.90 Å². The average Bonchev–Trinajstić information content (AvgIpc) is 2.42. The summed E-state index contributed by atoms with van der Waals surface area (Å²) >= 11 is 12.1. The molecule has 22 heavy (non-hydrogen) atoms. The third kappa shape index (κ3) is 3.23. The summed E-state index contributed by atoms with van der Waals surface area (Å²) in [5, 5.41) is 0.665. The topological polar surface area (TPSA) is 49.4 Å². The van der Waals surface area contributed by atoms with Gasteiger partial charge in [-0.2, -0.15) is 4.72 Å². The molecule has 0 aromatic heterocycles. The quantitative estimate of drug-likeness (QED) is 0.815. The molecule has 0 spiro atoms. The van der Waals surface area contributed by atoms with Crippen molar-refractivity contribution < 1.29 is 8.42 Å². The Morgan fingerprint density at radius 1 is 1.00 bits per heavy atom. The van der Waals surface area contributed by atoms with Crippen LogP contribution in [0.2, 0.25) is 10.0 Å². The number of fused-ring (bicyclic) bond motifs is 1. The lowest BCUT2D eigenvalue weighted by Crippen LogP contribution is -2.48. The highest BCUT2D eigenvalue weighted by molar-refractivity contribution is 7.89. The normalized spacial score (nSPS) is 22.7. The van der Waals surface area contributed by atoms with Gasteiger partial charge in [-0.05, 0) is 25.0 Å². The van der Waals surface area contributed by atoms with Crippen LogP contribution in [0.5, 0.6) is 0 Å². The molecule has 1 heterocycles. The van der Waals surface area contributed by atoms with E-state index < -0.39 is 10.0 Å². The van der Waals surface area contributed by atoms with E-state index in [-0.39, 0.29) is 9.92 Å². The van der Waals surface area contributed by atoms with Gasteiger partial charge >= 0.3 is 0 Å². The predicted octanol–water partition coefficient (Wildman–Crippen LogP) is 4.16. The van der Waals surface area contributed by atoms with Gasteiger partial charge in [-0.3, -0.25) is 0 Å². The average molecular weight is 363 g/mol. The fourth-order valence-corrected chi connectivity index (χ4v) is 4.92. The van der Waals surface area contributed by atoms with Crippen molar-refractivity contribution in [2.45, 2.75) is 55.9 Å². The van der Waals surface area contributed by atoms with Crippen molar-refractivity contribution in [3.63, 3.8) is 0 Å². The van der Waals surface area contributed by atoms with Crippen LogP contribution in [-0.4, -0.2) is 21.1 Å². The predicted molar refractivity (Wildman–Crippen MR) is 90.2 cm³/mol. The monoisotopic (exact) mass is 362 g/mol. The highest BCUT2D eigenvalue weighted by atomic mass is 35.5. The van der Waals surface area contributed by atoms with Crippen LogP contribution in [-0.2, 0) is 10.0 Å². The summed E-state index contributed by atoms with van der Waals surface area (Å²) in [5.74, 6) is 0. The molecular weight excluding hydrogens is 343 g/mol. The summed E-state index contributed by atoms with van der Waals surface area (Å²) in [4.78, 5) is 2.37. The molecule has 1 aromatic carbocycles. The van der Waals surface area contributed by atoms with Crippen LogP contribution < -0.4 is 9.62 Å². The fraction of sp³-hybridized carbons (Fsp3) is 0.600. The number of sulfonamides is 1. The number of halogens is 2. The summed E-state index contributed by atoms with van der Waals surface area (Å²) in [6.07, 6.45) is 8.35. The first kappa shape index (κ1) is 16.4. The molecule has 1 aliphatic heterocycles. The van der Waals surface area contributed by atoms with E-state index in [0.717, 1.165) is 12.8 Å². The van der Waals surface area contributed by atoms with Crippen molar-refractivity contribution >= 4 is 38.9 Å². The number of nitrogens with one attached hydrogen (secondary N) is 1. The zero-order chi connectivity index (χ0) is 15.7. The minimum Gasteiger partial charge on any atom is -0.354 e. The first-order valence-corrected chi connectivity index (χ1v) is 9.98. The van der Waals surface area contributed by atoms with Gasteiger partial charge in [0.05, 0.1) is 22.4 Å². The van der Waals surface area contributed by atoms with E-state index in [9.17, 15) is 8.42 Å². The van der Waals surface area contributed by atoms with Crippen molar-refractivity contribution in [1.29, 1.82) is 0 Å². The Morgan fingerprint density at radius 2 is 1.59 bits per heavy atom. The Kier molecular flexibility index (Phi) is 4.88. The van der Waals surface area contributed by atoms with E-state index in [1.807, 2.05) is 0 Å². The largest absolute Gasteiger partial charge is 0.354 e. The third-order valence-electron chi connectivity index (χ3n) is 4.54. The number of hydrogen-bond donors (Lipinski definition) is 1. The number of benzene rings is 1. The lowest BCUT2D eigenvalue weighted by atomic mass is 9.95. The van der Waals surface area contributed by atoms with E-state index in [0.29, 0.717) is 23.4 Å². The van der Waals surface area contributed by atoms with E-state index in [1.165, 1.54) is 38.2 Å². The van der Waals surface area contributed by atoms with Gasteiger partial charge in [-0.25, -0.2) is 8.42 Å². The van der Waals surface area contributed by atoms with Gasteiger partial charge in [-0.15, -0.1) is 0 Å². The molecular formula is C15H20Cl2N2O2S. The van der Waals surface area contributed by atoms with Crippen molar-refractivity contribution in [2.24, 2.45) is 0 Å². The first-order valence-electron chi connectivity index (χ1n) is 7.74. The molecule has 2 aliphatic rings. The van der Waals surface area contributed by atoms with Gasteiger partial charge in [-0.1, -0.05) is 55.3 Å². The Labute approximate surface area is 141 Å². The molecule has 1 aliphatic carbocycles. The molecule has 4 nitrogen and oxygen atoms in total. The second-order valence-corrected chi connectivity index (χ2v) is 8.56. The fourth-order valence-electron chi connectivity index (χ4n) is 3.35. The van der Waals surface area contributed by atoms with Crippen LogP contribution in [0.4, 0.5) is 5.69 Å². The summed E-state index contributed by atoms with van der Waals surface area (Å²) in [6, 6.07) is 3.49. The Bertz CT molecular complexity index is 656. The zero-order valence-corrected chi connectivity index (χ0v) is 14.6. The zero-order valence-electron chi connectivity index (χ0n) is 12.3. The standard InChI is InChI=1S/C15H20Cl2N2O2S/c16-12-8-14-15(9-13(12)17)22(20,21)18-10-19(14)11-6-4-2-1-3-5-7-11/h8-9,11,18H,1-7,10H2. The number of nitrogens with zero attached hydrogens (tertiary/aromatic N) is 1. The van der Waals surface area contributed by atoms with E-state index >= 15 is 0 Å². The van der Waals surface area contributed by atoms with Crippen LogP contribution in [0.25, 0.3) is 0 Å². The maximum Gasteiger partial charge on any atom is 0.244 e. The highest BCUT2D eigenvalue weighted by Gasteiger charge is 2.32. The molecule has 0 unspecified atom stereocenters. The molecule has 1 fully saturated rings.